The Morgan fingerprint density at radius 3 is 2.50 bits per heavy atom. The van der Waals surface area contributed by atoms with Crippen LogP contribution in [0.2, 0.25) is 0 Å². The monoisotopic (exact) mass is 328 g/mol. The maximum atomic E-state index is 14.1. The smallest absolute Gasteiger partial charge is 0.271 e. The normalized spacial score (nSPS) is 15.8. The van der Waals surface area contributed by atoms with E-state index in [1.54, 1.807) is 41.3 Å². The number of hydrogen-bond acceptors (Lipinski definition) is 3. The summed E-state index contributed by atoms with van der Waals surface area (Å²) in [6.07, 6.45) is 1.06. The van der Waals surface area contributed by atoms with E-state index >= 15 is 0 Å². The summed E-state index contributed by atoms with van der Waals surface area (Å²) in [5.41, 5.74) is 6.56. The Labute approximate surface area is 141 Å². The van der Waals surface area contributed by atoms with Crippen molar-refractivity contribution < 1.29 is 13.9 Å². The number of halogens is 1. The molecule has 5 heteroatoms. The van der Waals surface area contributed by atoms with Crippen molar-refractivity contribution in [3.8, 4) is 5.75 Å². The van der Waals surface area contributed by atoms with Gasteiger partial charge in [0.05, 0.1) is 12.2 Å². The highest BCUT2D eigenvalue weighted by Gasteiger charge is 2.46. The van der Waals surface area contributed by atoms with Crippen LogP contribution in [0.4, 0.5) is 15.8 Å². The highest BCUT2D eigenvalue weighted by Crippen LogP contribution is 2.44. The molecule has 0 bridgehead atoms. The van der Waals surface area contributed by atoms with Gasteiger partial charge >= 0.3 is 0 Å². The molecule has 1 heterocycles. The molecule has 0 saturated carbocycles. The zero-order valence-corrected chi connectivity index (χ0v) is 13.9. The number of anilines is 2. The lowest BCUT2D eigenvalue weighted by Crippen LogP contribution is -2.55. The number of nitrogen functional groups attached to an aromatic ring is 1. The molecule has 0 fully saturated rings. The van der Waals surface area contributed by atoms with Gasteiger partial charge in [0, 0.05) is 5.56 Å². The molecule has 3 rings (SSSR count). The summed E-state index contributed by atoms with van der Waals surface area (Å²) in [5.74, 6) is 0.0437. The molecule has 1 aliphatic rings. The van der Waals surface area contributed by atoms with Gasteiger partial charge in [0.15, 0.2) is 5.60 Å². The average molecular weight is 328 g/mol. The van der Waals surface area contributed by atoms with Gasteiger partial charge in [-0.25, -0.2) is 4.39 Å². The lowest BCUT2D eigenvalue weighted by molar-refractivity contribution is -0.136. The minimum Gasteiger partial charge on any atom is -0.475 e. The number of rotatable bonds is 4. The molecule has 0 aliphatic carbocycles. The predicted octanol–water partition coefficient (Wildman–Crippen LogP) is 3.89. The van der Waals surface area contributed by atoms with Gasteiger partial charge in [-0.05, 0) is 31.0 Å². The topological polar surface area (TPSA) is 55.6 Å². The summed E-state index contributed by atoms with van der Waals surface area (Å²) in [7, 11) is 0. The Kier molecular flexibility index (Phi) is 4.18. The Morgan fingerprint density at radius 2 is 1.83 bits per heavy atom. The van der Waals surface area contributed by atoms with E-state index in [-0.39, 0.29) is 18.3 Å². The first kappa shape index (κ1) is 16.3. The summed E-state index contributed by atoms with van der Waals surface area (Å²) in [4.78, 5) is 14.7. The van der Waals surface area contributed by atoms with Crippen molar-refractivity contribution in [2.45, 2.75) is 38.8 Å². The molecule has 2 aromatic carbocycles. The van der Waals surface area contributed by atoms with Crippen LogP contribution in [0.5, 0.6) is 5.75 Å². The molecule has 0 unspecified atom stereocenters. The van der Waals surface area contributed by atoms with Crippen LogP contribution in [0.3, 0.4) is 0 Å². The zero-order chi connectivity index (χ0) is 17.3. The van der Waals surface area contributed by atoms with E-state index in [2.05, 4.69) is 0 Å². The third kappa shape index (κ3) is 2.50. The van der Waals surface area contributed by atoms with Crippen molar-refractivity contribution in [1.82, 2.24) is 0 Å². The second-order valence-corrected chi connectivity index (χ2v) is 5.98. The van der Waals surface area contributed by atoms with Crippen molar-refractivity contribution in [3.63, 3.8) is 0 Å². The van der Waals surface area contributed by atoms with Crippen molar-refractivity contribution >= 4 is 17.3 Å². The van der Waals surface area contributed by atoms with Gasteiger partial charge in [-0.15, -0.1) is 0 Å². The molecule has 0 saturated heterocycles. The summed E-state index contributed by atoms with van der Waals surface area (Å²) in [6, 6.07) is 11.8. The number of benzene rings is 2. The number of para-hydroxylation sites is 1. The van der Waals surface area contributed by atoms with E-state index < -0.39 is 5.60 Å². The van der Waals surface area contributed by atoms with Crippen molar-refractivity contribution in [2.24, 2.45) is 0 Å². The van der Waals surface area contributed by atoms with E-state index in [0.29, 0.717) is 35.5 Å². The van der Waals surface area contributed by atoms with Crippen LogP contribution < -0.4 is 15.4 Å². The fourth-order valence-electron chi connectivity index (χ4n) is 3.16. The standard InChI is InChI=1S/C19H21FN2O2/c1-3-19(4-2)18(23)22(12-13-8-5-6-9-14(13)20)17-15(21)10-7-11-16(17)24-19/h5-11H,3-4,12,21H2,1-2H3. The molecule has 2 N–H and O–H groups in total. The molecular weight excluding hydrogens is 307 g/mol. The molecule has 4 nitrogen and oxygen atoms in total. The van der Waals surface area contributed by atoms with Gasteiger partial charge in [0.25, 0.3) is 5.91 Å². The maximum absolute atomic E-state index is 14.1. The number of hydrogen-bond donors (Lipinski definition) is 1. The van der Waals surface area contributed by atoms with Gasteiger partial charge in [0.2, 0.25) is 0 Å². The maximum Gasteiger partial charge on any atom is 0.271 e. The summed E-state index contributed by atoms with van der Waals surface area (Å²) in [5, 5.41) is 0. The van der Waals surface area contributed by atoms with E-state index in [1.165, 1.54) is 6.07 Å². The first-order chi connectivity index (χ1) is 11.5. The minimum atomic E-state index is -0.938. The second-order valence-electron chi connectivity index (χ2n) is 5.98. The van der Waals surface area contributed by atoms with Crippen molar-refractivity contribution in [1.29, 1.82) is 0 Å². The molecule has 0 aromatic heterocycles. The highest BCUT2D eigenvalue weighted by molar-refractivity contribution is 6.05. The molecule has 24 heavy (non-hydrogen) atoms. The lowest BCUT2D eigenvalue weighted by Gasteiger charge is -2.42. The Hall–Kier alpha value is -2.56. The summed E-state index contributed by atoms with van der Waals surface area (Å²) >= 11 is 0. The fourth-order valence-corrected chi connectivity index (χ4v) is 3.16. The second kappa shape index (κ2) is 6.15. The van der Waals surface area contributed by atoms with Crippen molar-refractivity contribution in [3.05, 3.63) is 53.8 Å². The van der Waals surface area contributed by atoms with Crippen molar-refractivity contribution in [2.75, 3.05) is 10.6 Å². The number of nitrogens with two attached hydrogens (primary N) is 1. The van der Waals surface area contributed by atoms with Gasteiger partial charge in [-0.3, -0.25) is 9.69 Å². The molecule has 0 atom stereocenters. The molecule has 1 amide bonds. The SMILES string of the molecule is CCC1(CC)Oc2cccc(N)c2N(Cc2ccccc2F)C1=O. The van der Waals surface area contributed by atoms with E-state index in [0.717, 1.165) is 0 Å². The molecule has 1 aliphatic heterocycles. The number of fused-ring (bicyclic) bond motifs is 1. The molecule has 126 valence electrons. The van der Waals surface area contributed by atoms with Gasteiger partial charge in [-0.2, -0.15) is 0 Å². The quantitative estimate of drug-likeness (QED) is 0.866. The van der Waals surface area contributed by atoms with Crippen LogP contribution in [-0.2, 0) is 11.3 Å². The van der Waals surface area contributed by atoms with Gasteiger partial charge in [0.1, 0.15) is 17.3 Å². The third-order valence-electron chi connectivity index (χ3n) is 4.67. The average Bonchev–Trinajstić information content (AvgIpc) is 2.59. The first-order valence-corrected chi connectivity index (χ1v) is 8.15. The van der Waals surface area contributed by atoms with E-state index in [1.807, 2.05) is 13.8 Å². The minimum absolute atomic E-state index is 0.123. The van der Waals surface area contributed by atoms with E-state index in [4.69, 9.17) is 10.5 Å². The number of carbonyl (C=O) groups excluding carboxylic acids is 1. The first-order valence-electron chi connectivity index (χ1n) is 8.15. The Balaban J connectivity index is 2.12. The lowest BCUT2D eigenvalue weighted by atomic mass is 9.92. The van der Waals surface area contributed by atoms with Crippen LogP contribution in [0.1, 0.15) is 32.3 Å². The fraction of sp³-hybridized carbons (Fsp3) is 0.316. The molecule has 0 radical (unpaired) electrons. The van der Waals surface area contributed by atoms with Gasteiger partial charge < -0.3 is 10.5 Å². The Bertz CT molecular complexity index is 772. The Morgan fingerprint density at radius 1 is 1.12 bits per heavy atom. The van der Waals surface area contributed by atoms with Crippen LogP contribution in [0.25, 0.3) is 0 Å². The van der Waals surface area contributed by atoms with Crippen LogP contribution in [0, 0.1) is 5.82 Å². The number of nitrogens with zero attached hydrogens (tertiary/aromatic N) is 1. The molecular formula is C19H21FN2O2. The highest BCUT2D eigenvalue weighted by atomic mass is 19.1. The zero-order valence-electron chi connectivity index (χ0n) is 13.9. The molecule has 2 aromatic rings. The van der Waals surface area contributed by atoms with Crippen LogP contribution >= 0.6 is 0 Å². The predicted molar refractivity (Wildman–Crippen MR) is 92.4 cm³/mol. The van der Waals surface area contributed by atoms with Crippen LogP contribution in [-0.4, -0.2) is 11.5 Å². The summed E-state index contributed by atoms with van der Waals surface area (Å²) in [6.45, 7) is 3.96. The summed E-state index contributed by atoms with van der Waals surface area (Å²) < 4.78 is 20.1. The number of amides is 1. The molecule has 0 spiro atoms. The largest absolute Gasteiger partial charge is 0.475 e. The van der Waals surface area contributed by atoms with Gasteiger partial charge in [-0.1, -0.05) is 38.1 Å². The number of carbonyl (C=O) groups is 1. The van der Waals surface area contributed by atoms with Crippen LogP contribution in [0.15, 0.2) is 42.5 Å². The third-order valence-corrected chi connectivity index (χ3v) is 4.67. The number of ether oxygens (including phenoxy) is 1. The van der Waals surface area contributed by atoms with E-state index in [9.17, 15) is 9.18 Å².